The van der Waals surface area contributed by atoms with Gasteiger partial charge in [0.1, 0.15) is 17.8 Å². The third kappa shape index (κ3) is 4.65. The summed E-state index contributed by atoms with van der Waals surface area (Å²) >= 11 is 1.42. The molecule has 0 aromatic rings. The SMILES string of the molecule is CCC(C)(NBC(=O)C(C)(CC)N1CNCC(C=O)S1)C(C)=O. The van der Waals surface area contributed by atoms with Gasteiger partial charge in [-0.1, -0.05) is 25.8 Å². The zero-order valence-corrected chi connectivity index (χ0v) is 15.6. The Kier molecular flexibility index (Phi) is 7.45. The summed E-state index contributed by atoms with van der Waals surface area (Å²) < 4.78 is 1.95. The van der Waals surface area contributed by atoms with Gasteiger partial charge in [0.2, 0.25) is 0 Å². The quantitative estimate of drug-likeness (QED) is 0.358. The topological polar surface area (TPSA) is 78.5 Å². The minimum atomic E-state index is -0.683. The van der Waals surface area contributed by atoms with Crippen molar-refractivity contribution < 1.29 is 14.4 Å². The second-order valence-corrected chi connectivity index (χ2v) is 7.67. The van der Waals surface area contributed by atoms with Crippen LogP contribution in [0.4, 0.5) is 0 Å². The summed E-state index contributed by atoms with van der Waals surface area (Å²) in [5.74, 6) is 0.0287. The van der Waals surface area contributed by atoms with E-state index in [0.717, 1.165) is 6.29 Å². The Morgan fingerprint density at radius 2 is 2.04 bits per heavy atom. The van der Waals surface area contributed by atoms with Crippen LogP contribution in [0.3, 0.4) is 0 Å². The Bertz CT molecular complexity index is 465. The van der Waals surface area contributed by atoms with Crippen LogP contribution >= 0.6 is 11.9 Å². The summed E-state index contributed by atoms with van der Waals surface area (Å²) in [6, 6.07) is 0. The maximum absolute atomic E-state index is 12.8. The first kappa shape index (κ1) is 20.3. The van der Waals surface area contributed by atoms with Crippen molar-refractivity contribution in [2.75, 3.05) is 13.2 Å². The first-order valence-corrected chi connectivity index (χ1v) is 8.97. The second kappa shape index (κ2) is 8.42. The van der Waals surface area contributed by atoms with Gasteiger partial charge in [-0.05, 0) is 33.6 Å². The lowest BCUT2D eigenvalue weighted by molar-refractivity contribution is -0.122. The van der Waals surface area contributed by atoms with E-state index in [0.29, 0.717) is 26.1 Å². The summed E-state index contributed by atoms with van der Waals surface area (Å²) in [5, 5.41) is 6.13. The van der Waals surface area contributed by atoms with Crippen molar-refractivity contribution >= 4 is 37.1 Å². The molecule has 0 radical (unpaired) electrons. The van der Waals surface area contributed by atoms with Gasteiger partial charge < -0.3 is 20.1 Å². The number of ketones is 1. The molecule has 1 aliphatic rings. The number of rotatable bonds is 9. The molecule has 0 saturated carbocycles. The fraction of sp³-hybridized carbons (Fsp3) is 0.800. The minimum Gasteiger partial charge on any atom is -0.341 e. The van der Waals surface area contributed by atoms with Gasteiger partial charge in [0.15, 0.2) is 0 Å². The van der Waals surface area contributed by atoms with Crippen LogP contribution in [-0.2, 0) is 14.4 Å². The van der Waals surface area contributed by atoms with E-state index in [1.807, 2.05) is 32.0 Å². The molecule has 0 spiro atoms. The molecule has 3 atom stereocenters. The molecule has 1 fully saturated rings. The largest absolute Gasteiger partial charge is 0.341 e. The molecule has 1 rings (SSSR count). The predicted octanol–water partition coefficient (Wildman–Crippen LogP) is 0.459. The molecule has 130 valence electrons. The Balaban J connectivity index is 2.80. The predicted molar refractivity (Wildman–Crippen MR) is 95.5 cm³/mol. The number of aldehydes is 1. The van der Waals surface area contributed by atoms with Crippen molar-refractivity contribution in [3.05, 3.63) is 0 Å². The van der Waals surface area contributed by atoms with Crippen LogP contribution in [0, 0.1) is 0 Å². The molecule has 0 bridgehead atoms. The van der Waals surface area contributed by atoms with Gasteiger partial charge in [-0.25, -0.2) is 4.31 Å². The average Bonchev–Trinajstić information content (AvgIpc) is 2.58. The number of nitrogens with zero attached hydrogens (tertiary/aromatic N) is 1. The highest BCUT2D eigenvalue weighted by Gasteiger charge is 2.41. The number of nitrogens with one attached hydrogen (secondary N) is 2. The summed E-state index contributed by atoms with van der Waals surface area (Å²) in [5.41, 5.74) is -1.33. The lowest BCUT2D eigenvalue weighted by Gasteiger charge is -2.42. The van der Waals surface area contributed by atoms with Crippen LogP contribution in [0.25, 0.3) is 0 Å². The van der Waals surface area contributed by atoms with Crippen molar-refractivity contribution in [3.8, 4) is 0 Å². The van der Waals surface area contributed by atoms with E-state index in [1.165, 1.54) is 11.9 Å². The normalized spacial score (nSPS) is 24.3. The molecule has 2 N–H and O–H groups in total. The highest BCUT2D eigenvalue weighted by molar-refractivity contribution is 7.98. The summed E-state index contributed by atoms with van der Waals surface area (Å²) in [6.45, 7) is 10.3. The van der Waals surface area contributed by atoms with E-state index in [1.54, 1.807) is 6.92 Å². The van der Waals surface area contributed by atoms with Crippen LogP contribution in [-0.4, -0.2) is 59.0 Å². The fourth-order valence-electron chi connectivity index (χ4n) is 2.39. The Labute approximate surface area is 143 Å². The molecular formula is C15H28BN3O3S. The van der Waals surface area contributed by atoms with Crippen LogP contribution < -0.4 is 10.5 Å². The van der Waals surface area contributed by atoms with Crippen LogP contribution in [0.5, 0.6) is 0 Å². The van der Waals surface area contributed by atoms with Gasteiger partial charge in [0, 0.05) is 6.54 Å². The van der Waals surface area contributed by atoms with Crippen molar-refractivity contribution in [1.29, 1.82) is 0 Å². The molecule has 1 heterocycles. The maximum atomic E-state index is 12.8. The second-order valence-electron chi connectivity index (χ2n) is 6.42. The lowest BCUT2D eigenvalue weighted by Crippen LogP contribution is -2.61. The molecule has 0 aromatic carbocycles. The van der Waals surface area contributed by atoms with Crippen molar-refractivity contribution in [2.45, 2.75) is 63.8 Å². The molecule has 1 saturated heterocycles. The van der Waals surface area contributed by atoms with E-state index >= 15 is 0 Å². The van der Waals surface area contributed by atoms with E-state index in [9.17, 15) is 14.4 Å². The molecule has 3 unspecified atom stereocenters. The molecule has 6 nitrogen and oxygen atoms in total. The molecule has 0 amide bonds. The van der Waals surface area contributed by atoms with Crippen LogP contribution in [0.15, 0.2) is 0 Å². The monoisotopic (exact) mass is 341 g/mol. The third-order valence-corrected chi connectivity index (χ3v) is 6.31. The van der Waals surface area contributed by atoms with Gasteiger partial charge in [0.05, 0.1) is 23.0 Å². The molecular weight excluding hydrogens is 313 g/mol. The summed E-state index contributed by atoms with van der Waals surface area (Å²) in [7, 11) is 0.136. The Morgan fingerprint density at radius 3 is 2.52 bits per heavy atom. The standard InChI is InChI=1S/C15H28BN3O3S/c1-6-14(4,11(3)21)18-16-13(22)15(5,7-2)19-10-17-8-12(9-20)23-19/h9,12,16-18H,6-8,10H2,1-5H3. The molecule has 23 heavy (non-hydrogen) atoms. The van der Waals surface area contributed by atoms with Crippen LogP contribution in [0.1, 0.15) is 47.5 Å². The molecule has 1 aliphatic heterocycles. The number of carbonyl (C=O) groups excluding carboxylic acids is 3. The number of hydrogen-bond donors (Lipinski definition) is 2. The smallest absolute Gasteiger partial charge is 0.286 e. The van der Waals surface area contributed by atoms with Crippen LogP contribution in [0.2, 0.25) is 0 Å². The maximum Gasteiger partial charge on any atom is 0.286 e. The van der Waals surface area contributed by atoms with Gasteiger partial charge in [-0.3, -0.25) is 4.79 Å². The first-order valence-electron chi connectivity index (χ1n) is 8.13. The zero-order valence-electron chi connectivity index (χ0n) is 14.8. The number of Topliss-reactive ketones (excluding diaryl/α,β-unsaturated/α-hetero) is 1. The van der Waals surface area contributed by atoms with Gasteiger partial charge in [-0.15, -0.1) is 0 Å². The first-order chi connectivity index (χ1) is 10.7. The van der Waals surface area contributed by atoms with Gasteiger partial charge in [0.25, 0.3) is 7.41 Å². The Morgan fingerprint density at radius 1 is 1.39 bits per heavy atom. The van der Waals surface area contributed by atoms with Crippen molar-refractivity contribution in [2.24, 2.45) is 0 Å². The third-order valence-electron chi connectivity index (χ3n) is 4.98. The molecule has 8 heteroatoms. The summed E-state index contributed by atoms with van der Waals surface area (Å²) in [4.78, 5) is 35.6. The minimum absolute atomic E-state index is 0.0287. The fourth-order valence-corrected chi connectivity index (χ4v) is 3.59. The van der Waals surface area contributed by atoms with Gasteiger partial charge >= 0.3 is 0 Å². The number of carbonyl (C=O) groups is 3. The average molecular weight is 341 g/mol. The molecule has 0 aliphatic carbocycles. The van der Waals surface area contributed by atoms with E-state index < -0.39 is 11.1 Å². The summed E-state index contributed by atoms with van der Waals surface area (Å²) in [6.07, 6.45) is 2.18. The highest BCUT2D eigenvalue weighted by Crippen LogP contribution is 2.31. The van der Waals surface area contributed by atoms with E-state index in [4.69, 9.17) is 0 Å². The van der Waals surface area contributed by atoms with Gasteiger partial charge in [-0.2, -0.15) is 0 Å². The van der Waals surface area contributed by atoms with Crippen molar-refractivity contribution in [3.63, 3.8) is 0 Å². The lowest BCUT2D eigenvalue weighted by atomic mass is 9.71. The number of hydrogen-bond acceptors (Lipinski definition) is 7. The van der Waals surface area contributed by atoms with E-state index in [2.05, 4.69) is 10.5 Å². The van der Waals surface area contributed by atoms with Crippen molar-refractivity contribution in [1.82, 2.24) is 14.8 Å². The zero-order chi connectivity index (χ0) is 17.7. The Hall–Kier alpha value is -0.695. The van der Waals surface area contributed by atoms with E-state index in [-0.39, 0.29) is 24.1 Å². The highest BCUT2D eigenvalue weighted by atomic mass is 32.2. The molecule has 0 aromatic heterocycles.